The first kappa shape index (κ1) is 13.4. The van der Waals surface area contributed by atoms with Crippen LogP contribution in [0.5, 0.6) is 0 Å². The molecule has 116 valence electrons. The number of halogens is 1. The second-order valence-electron chi connectivity index (χ2n) is 7.13. The Balaban J connectivity index is 1.66. The van der Waals surface area contributed by atoms with E-state index in [-0.39, 0.29) is 5.82 Å². The Morgan fingerprint density at radius 2 is 1.65 bits per heavy atom. The zero-order valence-corrected chi connectivity index (χ0v) is 13.1. The van der Waals surface area contributed by atoms with Gasteiger partial charge in [-0.25, -0.2) is 4.39 Å². The molecule has 2 heteroatoms. The number of nitrogens with one attached hydrogen (secondary N) is 1. The second kappa shape index (κ2) is 4.95. The van der Waals surface area contributed by atoms with Gasteiger partial charge in [0.2, 0.25) is 0 Å². The van der Waals surface area contributed by atoms with Crippen molar-refractivity contribution in [3.63, 3.8) is 0 Å². The Kier molecular flexibility index (Phi) is 2.88. The van der Waals surface area contributed by atoms with Gasteiger partial charge < -0.3 is 4.98 Å². The van der Waals surface area contributed by atoms with Crippen LogP contribution in [-0.2, 0) is 0 Å². The predicted molar refractivity (Wildman–Crippen MR) is 92.3 cm³/mol. The fourth-order valence-corrected chi connectivity index (χ4v) is 3.87. The Labute approximate surface area is 135 Å². The molecule has 0 amide bonds. The van der Waals surface area contributed by atoms with Crippen molar-refractivity contribution < 1.29 is 4.39 Å². The predicted octanol–water partition coefficient (Wildman–Crippen LogP) is 6.12. The summed E-state index contributed by atoms with van der Waals surface area (Å²) in [5.41, 5.74) is 6.26. The largest absolute Gasteiger partial charge is 0.354 e. The summed E-state index contributed by atoms with van der Waals surface area (Å²) in [6.45, 7) is 0. The van der Waals surface area contributed by atoms with Gasteiger partial charge in [0.1, 0.15) is 5.82 Å². The Morgan fingerprint density at radius 3 is 2.30 bits per heavy atom. The van der Waals surface area contributed by atoms with Gasteiger partial charge in [-0.1, -0.05) is 30.7 Å². The summed E-state index contributed by atoms with van der Waals surface area (Å²) in [4.78, 5) is 3.55. The summed E-state index contributed by atoms with van der Waals surface area (Å²) in [6.07, 6.45) is 6.39. The van der Waals surface area contributed by atoms with Gasteiger partial charge in [-0.15, -0.1) is 0 Å². The zero-order valence-electron chi connectivity index (χ0n) is 13.1. The molecule has 2 saturated carbocycles. The van der Waals surface area contributed by atoms with Crippen LogP contribution in [0.1, 0.15) is 55.1 Å². The number of benzene rings is 2. The molecule has 1 nitrogen and oxygen atoms in total. The van der Waals surface area contributed by atoms with Crippen molar-refractivity contribution in [3.8, 4) is 11.3 Å². The van der Waals surface area contributed by atoms with Crippen LogP contribution < -0.4 is 0 Å². The van der Waals surface area contributed by atoms with E-state index in [1.165, 1.54) is 54.5 Å². The minimum absolute atomic E-state index is 0.146. The van der Waals surface area contributed by atoms with Crippen LogP contribution in [0.25, 0.3) is 22.2 Å². The standard InChI is InChI=1S/C21H20FN/c22-17-10-11-19-18(12-17)20(15-2-1-3-15)21(23-19)16-8-6-14(7-9-16)13-4-5-13/h6-13,15,23H,1-5H2. The maximum atomic E-state index is 13.7. The maximum Gasteiger partial charge on any atom is 0.123 e. The van der Waals surface area contributed by atoms with Crippen molar-refractivity contribution in [1.82, 2.24) is 4.98 Å². The highest BCUT2D eigenvalue weighted by Gasteiger charge is 2.27. The molecular formula is C21H20FN. The van der Waals surface area contributed by atoms with Gasteiger partial charge in [-0.2, -0.15) is 0 Å². The van der Waals surface area contributed by atoms with Crippen LogP contribution in [0.2, 0.25) is 0 Å². The molecule has 0 aliphatic heterocycles. The van der Waals surface area contributed by atoms with E-state index >= 15 is 0 Å². The molecular weight excluding hydrogens is 285 g/mol. The van der Waals surface area contributed by atoms with Crippen molar-refractivity contribution in [2.45, 2.75) is 43.9 Å². The monoisotopic (exact) mass is 305 g/mol. The minimum atomic E-state index is -0.146. The van der Waals surface area contributed by atoms with E-state index in [1.54, 1.807) is 12.1 Å². The average molecular weight is 305 g/mol. The molecule has 1 heterocycles. The highest BCUT2D eigenvalue weighted by atomic mass is 19.1. The normalized spacial score (nSPS) is 18.3. The van der Waals surface area contributed by atoms with Crippen molar-refractivity contribution in [3.05, 3.63) is 59.4 Å². The van der Waals surface area contributed by atoms with Crippen molar-refractivity contribution >= 4 is 10.9 Å². The summed E-state index contributed by atoms with van der Waals surface area (Å²) >= 11 is 0. The van der Waals surface area contributed by atoms with Gasteiger partial charge in [0.25, 0.3) is 0 Å². The van der Waals surface area contributed by atoms with Crippen LogP contribution in [0.4, 0.5) is 4.39 Å². The first-order valence-electron chi connectivity index (χ1n) is 8.71. The average Bonchev–Trinajstić information content (AvgIpc) is 3.30. The molecule has 0 saturated heterocycles. The smallest absolute Gasteiger partial charge is 0.123 e. The summed E-state index contributed by atoms with van der Waals surface area (Å²) in [5.74, 6) is 1.21. The number of rotatable bonds is 3. The summed E-state index contributed by atoms with van der Waals surface area (Å²) < 4.78 is 13.7. The quantitative estimate of drug-likeness (QED) is 0.600. The molecule has 1 aromatic heterocycles. The van der Waals surface area contributed by atoms with E-state index in [2.05, 4.69) is 29.2 Å². The lowest BCUT2D eigenvalue weighted by Gasteiger charge is -2.26. The van der Waals surface area contributed by atoms with E-state index in [4.69, 9.17) is 0 Å². The molecule has 0 spiro atoms. The molecule has 2 fully saturated rings. The fraction of sp³-hybridized carbons (Fsp3) is 0.333. The van der Waals surface area contributed by atoms with Gasteiger partial charge >= 0.3 is 0 Å². The van der Waals surface area contributed by atoms with E-state index in [0.29, 0.717) is 5.92 Å². The number of hydrogen-bond donors (Lipinski definition) is 1. The first-order valence-corrected chi connectivity index (χ1v) is 8.71. The maximum absolute atomic E-state index is 13.7. The third kappa shape index (κ3) is 2.20. The minimum Gasteiger partial charge on any atom is -0.354 e. The van der Waals surface area contributed by atoms with E-state index < -0.39 is 0 Å². The van der Waals surface area contributed by atoms with Crippen LogP contribution in [0.3, 0.4) is 0 Å². The Bertz CT molecular complexity index is 867. The van der Waals surface area contributed by atoms with Crippen LogP contribution in [0.15, 0.2) is 42.5 Å². The molecule has 3 aromatic rings. The third-order valence-corrected chi connectivity index (χ3v) is 5.56. The molecule has 0 radical (unpaired) electrons. The van der Waals surface area contributed by atoms with E-state index in [0.717, 1.165) is 16.8 Å². The Morgan fingerprint density at radius 1 is 0.870 bits per heavy atom. The molecule has 2 aliphatic rings. The topological polar surface area (TPSA) is 15.8 Å². The molecule has 1 N–H and O–H groups in total. The van der Waals surface area contributed by atoms with Crippen LogP contribution >= 0.6 is 0 Å². The SMILES string of the molecule is Fc1ccc2[nH]c(-c3ccc(C4CC4)cc3)c(C3CCC3)c2c1. The van der Waals surface area contributed by atoms with Crippen molar-refractivity contribution in [1.29, 1.82) is 0 Å². The van der Waals surface area contributed by atoms with Crippen molar-refractivity contribution in [2.24, 2.45) is 0 Å². The van der Waals surface area contributed by atoms with Gasteiger partial charge in [-0.05, 0) is 72.4 Å². The second-order valence-corrected chi connectivity index (χ2v) is 7.13. The number of aromatic amines is 1. The Hall–Kier alpha value is -2.09. The number of aromatic nitrogens is 1. The highest BCUT2D eigenvalue weighted by Crippen LogP contribution is 2.45. The zero-order chi connectivity index (χ0) is 15.4. The van der Waals surface area contributed by atoms with Gasteiger partial charge in [0.15, 0.2) is 0 Å². The molecule has 0 unspecified atom stereocenters. The van der Waals surface area contributed by atoms with Gasteiger partial charge in [0.05, 0.1) is 0 Å². The number of hydrogen-bond acceptors (Lipinski definition) is 0. The molecule has 2 aliphatic carbocycles. The van der Waals surface area contributed by atoms with Crippen LogP contribution in [-0.4, -0.2) is 4.98 Å². The highest BCUT2D eigenvalue weighted by molar-refractivity contribution is 5.91. The molecule has 5 rings (SSSR count). The molecule has 0 atom stereocenters. The lowest BCUT2D eigenvalue weighted by Crippen LogP contribution is -2.09. The third-order valence-electron chi connectivity index (χ3n) is 5.56. The van der Waals surface area contributed by atoms with Gasteiger partial charge in [0, 0.05) is 16.6 Å². The lowest BCUT2D eigenvalue weighted by atomic mass is 9.78. The lowest BCUT2D eigenvalue weighted by molar-refractivity contribution is 0.423. The fourth-order valence-electron chi connectivity index (χ4n) is 3.87. The number of H-pyrrole nitrogens is 1. The summed E-state index contributed by atoms with van der Waals surface area (Å²) in [5, 5.41) is 1.07. The summed E-state index contributed by atoms with van der Waals surface area (Å²) in [7, 11) is 0. The van der Waals surface area contributed by atoms with E-state index in [9.17, 15) is 4.39 Å². The molecule has 0 bridgehead atoms. The molecule has 23 heavy (non-hydrogen) atoms. The summed E-state index contributed by atoms with van der Waals surface area (Å²) in [6, 6.07) is 14.1. The molecule has 2 aromatic carbocycles. The van der Waals surface area contributed by atoms with Crippen LogP contribution in [0, 0.1) is 5.82 Å². The number of fused-ring (bicyclic) bond motifs is 1. The van der Waals surface area contributed by atoms with Gasteiger partial charge in [-0.3, -0.25) is 0 Å². The van der Waals surface area contributed by atoms with Crippen molar-refractivity contribution in [2.75, 3.05) is 0 Å². The first-order chi connectivity index (χ1) is 11.3. The van der Waals surface area contributed by atoms with E-state index in [1.807, 2.05) is 6.07 Å².